The molecule has 3 heterocycles. The summed E-state index contributed by atoms with van der Waals surface area (Å²) in [5, 5.41) is 4.12. The van der Waals surface area contributed by atoms with Crippen molar-refractivity contribution in [1.29, 1.82) is 0 Å². The summed E-state index contributed by atoms with van der Waals surface area (Å²) in [6.07, 6.45) is 1.06. The van der Waals surface area contributed by atoms with Gasteiger partial charge < -0.3 is 15.2 Å². The summed E-state index contributed by atoms with van der Waals surface area (Å²) in [4.78, 5) is 47.6. The Hall–Kier alpha value is -3.61. The largest absolute Gasteiger partial charge is 0.356 e. The van der Waals surface area contributed by atoms with Crippen LogP contribution in [0.5, 0.6) is 0 Å². The summed E-state index contributed by atoms with van der Waals surface area (Å²) in [5.41, 5.74) is 2.59. The molecule has 35 heavy (non-hydrogen) atoms. The molecule has 0 aliphatic carbocycles. The van der Waals surface area contributed by atoms with E-state index in [0.29, 0.717) is 19.4 Å². The number of rotatable bonds is 6. The number of nitrogens with one attached hydrogen (secondary N) is 2. The molecule has 2 N–H and O–H groups in total. The topological polar surface area (TPSA) is 85.5 Å². The van der Waals surface area contributed by atoms with Gasteiger partial charge in [0.15, 0.2) is 5.54 Å². The predicted octanol–water partition coefficient (Wildman–Crippen LogP) is 4.50. The molecule has 1 fully saturated rings. The Kier molecular flexibility index (Phi) is 5.66. The molecule has 182 valence electrons. The van der Waals surface area contributed by atoms with Gasteiger partial charge in [-0.15, -0.1) is 0 Å². The molecule has 3 atom stereocenters. The van der Waals surface area contributed by atoms with Crippen LogP contribution >= 0.6 is 0 Å². The molecule has 2 aliphatic heterocycles. The van der Waals surface area contributed by atoms with Crippen molar-refractivity contribution in [3.05, 3.63) is 71.4 Å². The van der Waals surface area contributed by atoms with Gasteiger partial charge in [0.25, 0.3) is 5.91 Å². The zero-order chi connectivity index (χ0) is 24.9. The normalized spacial score (nSPS) is 21.3. The zero-order valence-electron chi connectivity index (χ0n) is 20.7. The third kappa shape index (κ3) is 3.61. The van der Waals surface area contributed by atoms with Crippen molar-refractivity contribution < 1.29 is 14.4 Å². The molecule has 0 saturated carbocycles. The number of carbonyl (C=O) groups excluding carboxylic acids is 3. The summed E-state index contributed by atoms with van der Waals surface area (Å²) in [5.74, 6) is -0.535. The highest BCUT2D eigenvalue weighted by Crippen LogP contribution is 2.45. The minimum Gasteiger partial charge on any atom is -0.356 e. The molecular formula is C28H32N4O3. The van der Waals surface area contributed by atoms with Gasteiger partial charge >= 0.3 is 6.03 Å². The first kappa shape index (κ1) is 23.1. The summed E-state index contributed by atoms with van der Waals surface area (Å²) >= 11 is 0. The van der Waals surface area contributed by atoms with E-state index in [1.807, 2.05) is 75.4 Å². The molecule has 1 aromatic heterocycles. The number of benzene rings is 2. The Morgan fingerprint density at radius 3 is 2.46 bits per heavy atom. The summed E-state index contributed by atoms with van der Waals surface area (Å²) in [6.45, 7) is 8.14. The second-order valence-corrected chi connectivity index (χ2v) is 10.2. The molecule has 2 aliphatic rings. The SMILES string of the molecule is CC(C)C[C@H](C(=O)NC(C)c1ccccc1)N1C(=O)N2CCc3c([nH]c4ccccc34)[C@@]2(C)C1=O. The fraction of sp³-hybridized carbons (Fsp3) is 0.393. The van der Waals surface area contributed by atoms with Crippen LogP contribution < -0.4 is 5.32 Å². The van der Waals surface area contributed by atoms with Crippen LogP contribution in [0.2, 0.25) is 0 Å². The lowest BCUT2D eigenvalue weighted by atomic mass is 9.86. The number of para-hydroxylation sites is 1. The van der Waals surface area contributed by atoms with Gasteiger partial charge in [0.1, 0.15) is 6.04 Å². The molecule has 0 spiro atoms. The van der Waals surface area contributed by atoms with Crippen molar-refractivity contribution in [2.75, 3.05) is 6.54 Å². The maximum atomic E-state index is 14.1. The number of urea groups is 1. The highest BCUT2D eigenvalue weighted by molar-refractivity contribution is 6.11. The summed E-state index contributed by atoms with van der Waals surface area (Å²) in [6, 6.07) is 16.1. The number of aromatic amines is 1. The quantitative estimate of drug-likeness (QED) is 0.518. The number of hydrogen-bond acceptors (Lipinski definition) is 3. The maximum Gasteiger partial charge on any atom is 0.328 e. The summed E-state index contributed by atoms with van der Waals surface area (Å²) in [7, 11) is 0. The molecule has 1 unspecified atom stereocenters. The van der Waals surface area contributed by atoms with Gasteiger partial charge in [-0.05, 0) is 49.8 Å². The standard InChI is InChI=1S/C28H32N4O3/c1-17(2)16-23(25(33)29-18(3)19-10-6-5-7-11-19)32-26(34)28(4)24-21(14-15-31(28)27(32)35)20-12-8-9-13-22(20)30-24/h5-13,17-18,23,30H,14-16H2,1-4H3,(H,29,33)/t18?,23-,28+/m1/s1. The van der Waals surface area contributed by atoms with Crippen molar-refractivity contribution >= 4 is 28.7 Å². The van der Waals surface area contributed by atoms with Gasteiger partial charge in [-0.25, -0.2) is 9.69 Å². The van der Waals surface area contributed by atoms with Gasteiger partial charge in [-0.3, -0.25) is 9.59 Å². The smallest absolute Gasteiger partial charge is 0.328 e. The predicted molar refractivity (Wildman–Crippen MR) is 135 cm³/mol. The number of amides is 4. The van der Waals surface area contributed by atoms with Crippen molar-refractivity contribution in [3.63, 3.8) is 0 Å². The zero-order valence-corrected chi connectivity index (χ0v) is 20.7. The number of aromatic nitrogens is 1. The number of hydrogen-bond donors (Lipinski definition) is 2. The monoisotopic (exact) mass is 472 g/mol. The maximum absolute atomic E-state index is 14.1. The molecule has 3 aromatic rings. The Morgan fingerprint density at radius 1 is 1.06 bits per heavy atom. The molecule has 0 bridgehead atoms. The van der Waals surface area contributed by atoms with Crippen LogP contribution in [0.3, 0.4) is 0 Å². The van der Waals surface area contributed by atoms with Crippen LogP contribution in [0, 0.1) is 5.92 Å². The fourth-order valence-corrected chi connectivity index (χ4v) is 5.60. The lowest BCUT2D eigenvalue weighted by Gasteiger charge is -2.36. The molecule has 2 aromatic carbocycles. The molecule has 1 saturated heterocycles. The van der Waals surface area contributed by atoms with Crippen molar-refractivity contribution in [3.8, 4) is 0 Å². The Bertz CT molecular complexity index is 1300. The minimum atomic E-state index is -1.16. The van der Waals surface area contributed by atoms with Crippen molar-refractivity contribution in [1.82, 2.24) is 20.1 Å². The number of H-pyrrole nitrogens is 1. The van der Waals surface area contributed by atoms with Crippen LogP contribution in [0.25, 0.3) is 10.9 Å². The van der Waals surface area contributed by atoms with Crippen LogP contribution in [-0.4, -0.2) is 45.2 Å². The van der Waals surface area contributed by atoms with Gasteiger partial charge in [0.2, 0.25) is 5.91 Å². The third-order valence-corrected chi connectivity index (χ3v) is 7.47. The van der Waals surface area contributed by atoms with E-state index in [1.54, 1.807) is 11.8 Å². The van der Waals surface area contributed by atoms with E-state index in [-0.39, 0.29) is 23.8 Å². The van der Waals surface area contributed by atoms with E-state index in [9.17, 15) is 14.4 Å². The fourth-order valence-electron chi connectivity index (χ4n) is 5.60. The lowest BCUT2D eigenvalue weighted by Crippen LogP contribution is -2.51. The van der Waals surface area contributed by atoms with E-state index in [1.165, 1.54) is 4.90 Å². The van der Waals surface area contributed by atoms with Gasteiger partial charge in [-0.1, -0.05) is 62.4 Å². The van der Waals surface area contributed by atoms with E-state index in [4.69, 9.17) is 0 Å². The van der Waals surface area contributed by atoms with Gasteiger partial charge in [0.05, 0.1) is 11.7 Å². The molecule has 4 amide bonds. The van der Waals surface area contributed by atoms with Crippen molar-refractivity contribution in [2.45, 2.75) is 58.2 Å². The van der Waals surface area contributed by atoms with Crippen LogP contribution in [0.15, 0.2) is 54.6 Å². The van der Waals surface area contributed by atoms with E-state index >= 15 is 0 Å². The first-order chi connectivity index (χ1) is 16.7. The highest BCUT2D eigenvalue weighted by Gasteiger charge is 2.60. The van der Waals surface area contributed by atoms with Crippen LogP contribution in [0.4, 0.5) is 4.79 Å². The van der Waals surface area contributed by atoms with E-state index < -0.39 is 17.6 Å². The van der Waals surface area contributed by atoms with Crippen molar-refractivity contribution in [2.24, 2.45) is 5.92 Å². The number of fused-ring (bicyclic) bond motifs is 5. The van der Waals surface area contributed by atoms with Gasteiger partial charge in [-0.2, -0.15) is 0 Å². The number of nitrogens with zero attached hydrogens (tertiary/aromatic N) is 2. The Labute approximate surface area is 205 Å². The minimum absolute atomic E-state index is 0.118. The second-order valence-electron chi connectivity index (χ2n) is 10.2. The first-order valence-corrected chi connectivity index (χ1v) is 12.3. The highest BCUT2D eigenvalue weighted by atomic mass is 16.2. The summed E-state index contributed by atoms with van der Waals surface area (Å²) < 4.78 is 0. The molecular weight excluding hydrogens is 440 g/mol. The van der Waals surface area contributed by atoms with Crippen LogP contribution in [-0.2, 0) is 21.5 Å². The number of imide groups is 1. The molecule has 5 rings (SSSR count). The molecule has 7 nitrogen and oxygen atoms in total. The molecule has 7 heteroatoms. The van der Waals surface area contributed by atoms with Gasteiger partial charge in [0, 0.05) is 17.4 Å². The lowest BCUT2D eigenvalue weighted by molar-refractivity contribution is -0.140. The average molecular weight is 473 g/mol. The first-order valence-electron chi connectivity index (χ1n) is 12.3. The molecule has 0 radical (unpaired) electrons. The second kappa shape index (κ2) is 8.56. The van der Waals surface area contributed by atoms with E-state index in [2.05, 4.69) is 10.3 Å². The average Bonchev–Trinajstić information content (AvgIpc) is 3.32. The Morgan fingerprint density at radius 2 is 1.74 bits per heavy atom. The number of carbonyl (C=O) groups is 3. The van der Waals surface area contributed by atoms with Crippen LogP contribution in [0.1, 0.15) is 57.0 Å². The van der Waals surface area contributed by atoms with E-state index in [0.717, 1.165) is 27.7 Å². The Balaban J connectivity index is 1.50. The third-order valence-electron chi connectivity index (χ3n) is 7.47.